The number of aromatic nitrogens is 1. The number of esters is 1. The molecule has 0 unspecified atom stereocenters. The summed E-state index contributed by atoms with van der Waals surface area (Å²) in [5.74, 6) is 0.0655. The number of carbonyl (C=O) groups is 1. The third-order valence-corrected chi connectivity index (χ3v) is 7.99. The molecule has 0 saturated carbocycles. The molecular formula is C29H21BrN2O3S. The zero-order valence-electron chi connectivity index (χ0n) is 19.4. The molecule has 1 atom stereocenters. The number of halogens is 1. The lowest BCUT2D eigenvalue weighted by molar-refractivity contribution is -0.131. The second kappa shape index (κ2) is 9.15. The molecule has 0 saturated heterocycles. The van der Waals surface area contributed by atoms with Gasteiger partial charge in [0.25, 0.3) is 5.56 Å². The molecule has 3 aromatic carbocycles. The van der Waals surface area contributed by atoms with E-state index in [0.717, 1.165) is 39.7 Å². The summed E-state index contributed by atoms with van der Waals surface area (Å²) in [6.07, 6.45) is 3.61. The average Bonchev–Trinajstić information content (AvgIpc) is 3.17. The van der Waals surface area contributed by atoms with Crippen LogP contribution >= 0.6 is 27.3 Å². The molecule has 6 rings (SSSR count). The van der Waals surface area contributed by atoms with Crippen molar-refractivity contribution in [3.05, 3.63) is 125 Å². The summed E-state index contributed by atoms with van der Waals surface area (Å²) in [6, 6.07) is 23.5. The smallest absolute Gasteiger partial charge is 0.308 e. The minimum Gasteiger partial charge on any atom is -0.427 e. The number of nitrogens with zero attached hydrogens (tertiary/aromatic N) is 2. The first-order valence-corrected chi connectivity index (χ1v) is 13.3. The number of allylic oxidation sites excluding steroid dienone is 1. The van der Waals surface area contributed by atoms with E-state index in [4.69, 9.17) is 9.73 Å². The Bertz CT molecular complexity index is 1730. The van der Waals surface area contributed by atoms with Gasteiger partial charge in [-0.3, -0.25) is 14.2 Å². The fourth-order valence-corrected chi connectivity index (χ4v) is 6.22. The van der Waals surface area contributed by atoms with Gasteiger partial charge in [-0.2, -0.15) is 0 Å². The van der Waals surface area contributed by atoms with Gasteiger partial charge in [-0.05, 0) is 65.4 Å². The highest BCUT2D eigenvalue weighted by Crippen LogP contribution is 2.41. The van der Waals surface area contributed by atoms with Crippen molar-refractivity contribution in [2.75, 3.05) is 0 Å². The van der Waals surface area contributed by atoms with Crippen molar-refractivity contribution >= 4 is 45.0 Å². The van der Waals surface area contributed by atoms with E-state index in [-0.39, 0.29) is 17.6 Å². The number of hydrogen-bond acceptors (Lipinski definition) is 5. The molecule has 36 heavy (non-hydrogen) atoms. The fourth-order valence-electron chi connectivity index (χ4n) is 4.95. The topological polar surface area (TPSA) is 60.7 Å². The Morgan fingerprint density at radius 3 is 2.69 bits per heavy atom. The minimum absolute atomic E-state index is 0.0741. The molecule has 0 fully saturated rings. The molecule has 2 aliphatic rings. The molecule has 0 amide bonds. The Morgan fingerprint density at radius 1 is 1.08 bits per heavy atom. The van der Waals surface area contributed by atoms with E-state index in [1.165, 1.54) is 29.4 Å². The summed E-state index contributed by atoms with van der Waals surface area (Å²) < 4.78 is 8.64. The van der Waals surface area contributed by atoms with Gasteiger partial charge >= 0.3 is 5.97 Å². The van der Waals surface area contributed by atoms with Crippen LogP contribution in [-0.2, 0) is 11.2 Å². The highest BCUT2D eigenvalue weighted by molar-refractivity contribution is 9.10. The second-order valence-electron chi connectivity index (χ2n) is 8.83. The van der Waals surface area contributed by atoms with Gasteiger partial charge in [0.1, 0.15) is 5.75 Å². The van der Waals surface area contributed by atoms with Crippen molar-refractivity contribution in [3.63, 3.8) is 0 Å². The maximum Gasteiger partial charge on any atom is 0.308 e. The van der Waals surface area contributed by atoms with E-state index < -0.39 is 0 Å². The first-order chi connectivity index (χ1) is 17.5. The predicted molar refractivity (Wildman–Crippen MR) is 145 cm³/mol. The maximum absolute atomic E-state index is 13.8. The average molecular weight is 557 g/mol. The Kier molecular flexibility index (Phi) is 5.82. The highest BCUT2D eigenvalue weighted by atomic mass is 79.9. The van der Waals surface area contributed by atoms with Crippen LogP contribution in [0, 0.1) is 0 Å². The van der Waals surface area contributed by atoms with Crippen LogP contribution in [-0.4, -0.2) is 10.5 Å². The van der Waals surface area contributed by atoms with Crippen LogP contribution in [0.15, 0.2) is 92.6 Å². The molecule has 1 aliphatic carbocycles. The van der Waals surface area contributed by atoms with E-state index >= 15 is 0 Å². The minimum atomic E-state index is -0.383. The molecule has 2 heterocycles. The van der Waals surface area contributed by atoms with Crippen LogP contribution in [0.1, 0.15) is 41.6 Å². The van der Waals surface area contributed by atoms with Crippen LogP contribution in [0.4, 0.5) is 0 Å². The molecule has 5 nitrogen and oxygen atoms in total. The van der Waals surface area contributed by atoms with Crippen molar-refractivity contribution in [3.8, 4) is 5.75 Å². The summed E-state index contributed by atoms with van der Waals surface area (Å²) in [7, 11) is 0. The van der Waals surface area contributed by atoms with E-state index in [9.17, 15) is 9.59 Å². The van der Waals surface area contributed by atoms with Gasteiger partial charge in [0.15, 0.2) is 4.80 Å². The predicted octanol–water partition coefficient (Wildman–Crippen LogP) is 5.01. The zero-order chi connectivity index (χ0) is 24.8. The third kappa shape index (κ3) is 4.08. The molecule has 1 aliphatic heterocycles. The van der Waals surface area contributed by atoms with Crippen molar-refractivity contribution in [1.82, 2.24) is 4.57 Å². The van der Waals surface area contributed by atoms with E-state index in [0.29, 0.717) is 15.1 Å². The molecule has 1 aromatic heterocycles. The summed E-state index contributed by atoms with van der Waals surface area (Å²) >= 11 is 4.92. The number of aryl methyl sites for hydroxylation is 1. The molecule has 0 N–H and O–H groups in total. The summed E-state index contributed by atoms with van der Waals surface area (Å²) in [4.78, 5) is 30.9. The van der Waals surface area contributed by atoms with Crippen molar-refractivity contribution in [2.45, 2.75) is 25.8 Å². The summed E-state index contributed by atoms with van der Waals surface area (Å²) in [5, 5.41) is 0. The van der Waals surface area contributed by atoms with Gasteiger partial charge in [-0.1, -0.05) is 75.8 Å². The summed E-state index contributed by atoms with van der Waals surface area (Å²) in [5.41, 5.74) is 6.36. The van der Waals surface area contributed by atoms with Crippen LogP contribution in [0.3, 0.4) is 0 Å². The molecule has 178 valence electrons. The number of hydrogen-bond donors (Lipinski definition) is 0. The van der Waals surface area contributed by atoms with Crippen LogP contribution in [0.2, 0.25) is 0 Å². The number of fused-ring (bicyclic) bond motifs is 3. The quantitative estimate of drug-likeness (QED) is 0.263. The number of ether oxygens (including phenoxy) is 1. The largest absolute Gasteiger partial charge is 0.427 e. The highest BCUT2D eigenvalue weighted by Gasteiger charge is 2.32. The van der Waals surface area contributed by atoms with Crippen LogP contribution in [0.5, 0.6) is 5.75 Å². The molecule has 0 spiro atoms. The van der Waals surface area contributed by atoms with Gasteiger partial charge < -0.3 is 4.74 Å². The third-order valence-electron chi connectivity index (χ3n) is 6.48. The van der Waals surface area contributed by atoms with E-state index in [2.05, 4.69) is 46.3 Å². The van der Waals surface area contributed by atoms with Gasteiger partial charge in [-0.25, -0.2) is 4.99 Å². The number of thiazole rings is 1. The first kappa shape index (κ1) is 22.9. The molecule has 4 aromatic rings. The van der Waals surface area contributed by atoms with Gasteiger partial charge in [0.05, 0.1) is 16.3 Å². The van der Waals surface area contributed by atoms with Crippen molar-refractivity contribution in [1.29, 1.82) is 0 Å². The van der Waals surface area contributed by atoms with E-state index in [1.54, 1.807) is 18.2 Å². The molecule has 0 bridgehead atoms. The maximum atomic E-state index is 13.8. The lowest BCUT2D eigenvalue weighted by Crippen LogP contribution is -2.38. The normalized spacial score (nSPS) is 16.6. The fraction of sp³-hybridized carbons (Fsp3) is 0.138. The first-order valence-electron chi connectivity index (χ1n) is 11.6. The van der Waals surface area contributed by atoms with Crippen molar-refractivity contribution in [2.24, 2.45) is 4.99 Å². The Hall–Kier alpha value is -3.55. The molecule has 0 radical (unpaired) electrons. The SMILES string of the molecule is CC(=O)Oc1cccc(/C=c2\sc3n(c2=O)[C@H](c2ccc(Br)cc2)C2=C(N=3)c3ccccc3CC2)c1. The lowest BCUT2D eigenvalue weighted by Gasteiger charge is -2.30. The second-order valence-corrected chi connectivity index (χ2v) is 10.8. The van der Waals surface area contributed by atoms with Crippen LogP contribution < -0.4 is 19.6 Å². The Morgan fingerprint density at radius 2 is 1.89 bits per heavy atom. The standard InChI is InChI=1S/C29H21BrN2O3S/c1-17(33)35-22-7-4-5-18(15-22)16-25-28(34)32-27(20-9-12-21(30)13-10-20)24-14-11-19-6-2-3-8-23(19)26(24)31-29(32)36-25/h2-10,12-13,15-16,27H,11,14H2,1H3/b25-16-/t27-/m1/s1. The molecular weight excluding hydrogens is 536 g/mol. The van der Waals surface area contributed by atoms with Crippen LogP contribution in [0.25, 0.3) is 11.8 Å². The number of carbonyl (C=O) groups excluding carboxylic acids is 1. The van der Waals surface area contributed by atoms with Gasteiger partial charge in [-0.15, -0.1) is 0 Å². The van der Waals surface area contributed by atoms with Crippen molar-refractivity contribution < 1.29 is 9.53 Å². The van der Waals surface area contributed by atoms with Gasteiger partial charge in [0, 0.05) is 17.0 Å². The zero-order valence-corrected chi connectivity index (χ0v) is 21.8. The Balaban J connectivity index is 1.56. The van der Waals surface area contributed by atoms with E-state index in [1.807, 2.05) is 34.9 Å². The van der Waals surface area contributed by atoms with Gasteiger partial charge in [0.2, 0.25) is 0 Å². The molecule has 7 heteroatoms. The Labute approximate surface area is 219 Å². The number of benzene rings is 3. The number of rotatable bonds is 3. The lowest BCUT2D eigenvalue weighted by atomic mass is 9.83. The summed E-state index contributed by atoms with van der Waals surface area (Å²) in [6.45, 7) is 1.37. The monoisotopic (exact) mass is 556 g/mol.